The summed E-state index contributed by atoms with van der Waals surface area (Å²) in [5, 5.41) is 0. The monoisotopic (exact) mass is 1490 g/mol. The predicted molar refractivity (Wildman–Crippen MR) is 421 cm³/mol. The summed E-state index contributed by atoms with van der Waals surface area (Å²) < 4.78 is 39.4. The van der Waals surface area contributed by atoms with Crippen molar-refractivity contribution in [3.63, 3.8) is 0 Å². The molecule has 21 rings (SSSR count). The minimum absolute atomic E-state index is 0.461. The van der Waals surface area contributed by atoms with Gasteiger partial charge in [0.05, 0.1) is 69.6 Å². The van der Waals surface area contributed by atoms with E-state index in [4.69, 9.17) is 33.2 Å². The van der Waals surface area contributed by atoms with E-state index in [-0.39, 0.29) is 0 Å². The molecule has 0 fully saturated rings. The number of ether oxygens (including phenoxy) is 7. The van der Waals surface area contributed by atoms with Gasteiger partial charge < -0.3 is 67.5 Å². The molecule has 14 aromatic rings. The third kappa shape index (κ3) is 19.3. The van der Waals surface area contributed by atoms with E-state index >= 15 is 0 Å². The maximum atomic E-state index is 5.68. The predicted octanol–water partition coefficient (Wildman–Crippen LogP) is 12.8. The lowest BCUT2D eigenvalue weighted by Gasteiger charge is -2.30. The summed E-state index contributed by atoms with van der Waals surface area (Å²) in [7, 11) is 0. The van der Waals surface area contributed by atoms with Crippen molar-refractivity contribution >= 4 is 40.5 Å². The lowest BCUT2D eigenvalue weighted by Crippen LogP contribution is -2.33. The molecule has 0 aliphatic carbocycles. The molecule has 7 aliphatic heterocycles. The highest BCUT2D eigenvalue weighted by Gasteiger charge is 2.25. The standard InChI is InChI=1S/2C13H12N2O.3C12H11N3O.2C11H10N4O/c1-2-5-11(6-3-1)15-9-12-13(16-10-15)7-4-8-14-12;1-2-4-12(5-3-1)15-9-11-8-14-7-6-13(11)16-10-15;1-3-10(7-13-5-1)15-8-11-12(16-9-15)4-2-6-14-11;1-2-6-14-12(5-1)15-8-10-11(16-9-15)4-3-7-13-10;1-2-11(7-13-4-1)15-8-10-6-14-5-3-12(10)16-9-15;1-3-13-11(14-4-1)15-7-9-6-12-5-2-10(9)16-8-15;1-3-10-9(12-4-1)7-15(8-16-10)11-13-5-2-6-14-11/h2*1-8H,9-10H2;3*1-7H,8-9H2;2*1-6H,7-8H2. The van der Waals surface area contributed by atoms with Crippen LogP contribution in [0.3, 0.4) is 0 Å². The van der Waals surface area contributed by atoms with Crippen LogP contribution in [0, 0.1) is 0 Å². The molecule has 112 heavy (non-hydrogen) atoms. The van der Waals surface area contributed by atoms with Crippen LogP contribution < -0.4 is 67.5 Å². The van der Waals surface area contributed by atoms with Crippen LogP contribution in [0.25, 0.3) is 0 Å². The van der Waals surface area contributed by atoms with Crippen LogP contribution in [-0.4, -0.2) is 117 Å². The van der Waals surface area contributed by atoms with Crippen LogP contribution in [0.1, 0.15) is 39.5 Å². The molecule has 0 spiro atoms. The van der Waals surface area contributed by atoms with E-state index in [0.29, 0.717) is 65.6 Å². The van der Waals surface area contributed by atoms with Gasteiger partial charge in [-0.25, -0.2) is 24.9 Å². The Morgan fingerprint density at radius 1 is 0.196 bits per heavy atom. The zero-order chi connectivity index (χ0) is 75.6. The molecule has 7 aliphatic rings. The Labute approximate surface area is 646 Å². The van der Waals surface area contributed by atoms with Gasteiger partial charge in [-0.1, -0.05) is 42.5 Å². The quantitative estimate of drug-likeness (QED) is 0.143. The van der Waals surface area contributed by atoms with Crippen LogP contribution in [0.4, 0.5) is 40.5 Å². The van der Waals surface area contributed by atoms with Gasteiger partial charge in [-0.05, 0) is 140 Å². The molecule has 0 bridgehead atoms. The molecule has 12 aromatic heterocycles. The van der Waals surface area contributed by atoms with Crippen molar-refractivity contribution < 1.29 is 33.2 Å². The fourth-order valence-corrected chi connectivity index (χ4v) is 12.3. The highest BCUT2D eigenvalue weighted by Crippen LogP contribution is 2.33. The van der Waals surface area contributed by atoms with E-state index in [1.165, 1.54) is 11.4 Å². The molecule has 0 N–H and O–H groups in total. The molecule has 0 saturated carbocycles. The van der Waals surface area contributed by atoms with Crippen molar-refractivity contribution in [2.75, 3.05) is 81.4 Å². The van der Waals surface area contributed by atoms with Crippen LogP contribution in [0.2, 0.25) is 0 Å². The molecule has 0 amide bonds. The number of aromatic nitrogens is 14. The van der Waals surface area contributed by atoms with E-state index in [1.807, 2.05) is 186 Å². The van der Waals surface area contributed by atoms with Gasteiger partial charge in [0.25, 0.3) is 0 Å². The van der Waals surface area contributed by atoms with E-state index in [0.717, 1.165) is 136 Å². The number of hydrogen-bond donors (Lipinski definition) is 0. The van der Waals surface area contributed by atoms with Crippen LogP contribution in [0.15, 0.2) is 300 Å². The smallest absolute Gasteiger partial charge is 0.228 e. The zero-order valence-electron chi connectivity index (χ0n) is 60.9. The minimum atomic E-state index is 0.461. The Morgan fingerprint density at radius 2 is 0.491 bits per heavy atom. The number of nitrogens with zero attached hydrogens (tertiary/aromatic N) is 21. The largest absolute Gasteiger partial charge is 0.473 e. The maximum Gasteiger partial charge on any atom is 0.228 e. The number of anilines is 7. The summed E-state index contributed by atoms with van der Waals surface area (Å²) in [6.07, 6.45) is 33.8. The van der Waals surface area contributed by atoms with E-state index in [2.05, 4.69) is 119 Å². The van der Waals surface area contributed by atoms with Crippen molar-refractivity contribution in [3.8, 4) is 40.2 Å². The first-order valence-corrected chi connectivity index (χ1v) is 36.1. The third-order valence-electron chi connectivity index (χ3n) is 18.0. The number of benzene rings is 2. The first-order valence-electron chi connectivity index (χ1n) is 36.1. The molecule has 28 nitrogen and oxygen atoms in total. The van der Waals surface area contributed by atoms with Crippen molar-refractivity contribution in [3.05, 3.63) is 339 Å². The Bertz CT molecular complexity index is 4320. The van der Waals surface area contributed by atoms with Crippen LogP contribution >= 0.6 is 0 Å². The summed E-state index contributed by atoms with van der Waals surface area (Å²) >= 11 is 0. The Balaban J connectivity index is 0.000000103. The molecule has 19 heterocycles. The first kappa shape index (κ1) is 72.8. The number of fused-ring (bicyclic) bond motifs is 7. The molecular formula is C84H77N21O7. The maximum absolute atomic E-state index is 5.68. The average molecular weight is 1490 g/mol. The first-order chi connectivity index (χ1) is 55.5. The number of hydrogen-bond acceptors (Lipinski definition) is 28. The number of pyridine rings is 10. The van der Waals surface area contributed by atoms with Gasteiger partial charge >= 0.3 is 0 Å². The highest BCUT2D eigenvalue weighted by atomic mass is 16.5. The van der Waals surface area contributed by atoms with Crippen LogP contribution in [0.5, 0.6) is 40.2 Å². The third-order valence-corrected chi connectivity index (χ3v) is 18.0. The summed E-state index contributed by atoms with van der Waals surface area (Å²) in [5.41, 5.74) is 11.6. The summed E-state index contributed by atoms with van der Waals surface area (Å²) in [5.74, 6) is 8.51. The van der Waals surface area contributed by atoms with Crippen molar-refractivity contribution in [1.82, 2.24) is 69.8 Å². The summed E-state index contributed by atoms with van der Waals surface area (Å²) in [4.78, 5) is 73.3. The van der Waals surface area contributed by atoms with Crippen molar-refractivity contribution in [1.29, 1.82) is 0 Å². The molecule has 0 unspecified atom stereocenters. The van der Waals surface area contributed by atoms with E-state index in [9.17, 15) is 0 Å². The molecule has 0 saturated heterocycles. The molecular weight excluding hydrogens is 1420 g/mol. The lowest BCUT2D eigenvalue weighted by molar-refractivity contribution is 0.283. The minimum Gasteiger partial charge on any atom is -0.473 e. The molecule has 0 atom stereocenters. The van der Waals surface area contributed by atoms with Gasteiger partial charge in [0, 0.05) is 133 Å². The summed E-state index contributed by atoms with van der Waals surface area (Å²) in [6, 6.07) is 58.8. The number of rotatable bonds is 7. The normalized spacial score (nSPS) is 14.1. The molecule has 0 radical (unpaired) electrons. The number of para-hydroxylation sites is 2. The van der Waals surface area contributed by atoms with Crippen molar-refractivity contribution in [2.24, 2.45) is 0 Å². The fourth-order valence-electron chi connectivity index (χ4n) is 12.3. The molecule has 2 aromatic carbocycles. The topological polar surface area (TPSA) is 268 Å². The van der Waals surface area contributed by atoms with Crippen molar-refractivity contribution in [2.45, 2.75) is 45.8 Å². The lowest BCUT2D eigenvalue weighted by atomic mass is 10.2. The van der Waals surface area contributed by atoms with Gasteiger partial charge in [-0.2, -0.15) is 0 Å². The second-order valence-electron chi connectivity index (χ2n) is 25.4. The molecule has 560 valence electrons. The Kier molecular flexibility index (Phi) is 24.2. The second-order valence-corrected chi connectivity index (χ2v) is 25.4. The van der Waals surface area contributed by atoms with Gasteiger partial charge in [-0.15, -0.1) is 0 Å². The fraction of sp³-hybridized carbons (Fsp3) is 0.167. The summed E-state index contributed by atoms with van der Waals surface area (Å²) in [6.45, 7) is 9.14. The Morgan fingerprint density at radius 3 is 0.893 bits per heavy atom. The van der Waals surface area contributed by atoms with E-state index in [1.54, 1.807) is 98.9 Å². The van der Waals surface area contributed by atoms with Gasteiger partial charge in [0.15, 0.2) is 47.1 Å². The van der Waals surface area contributed by atoms with E-state index < -0.39 is 0 Å². The van der Waals surface area contributed by atoms with Crippen LogP contribution in [-0.2, 0) is 45.8 Å². The average Bonchev–Trinajstić information content (AvgIpc) is 0.865. The second kappa shape index (κ2) is 37.2. The van der Waals surface area contributed by atoms with Gasteiger partial charge in [0.1, 0.15) is 68.8 Å². The SMILES string of the molecule is c1ccc(N2COc3cccnc3C2)cc1.c1ccc(N2COc3cccnc3C2)nc1.c1ccc(N2COc3ccncc3C2)cc1.c1cnc(N2COc3cccnc3C2)nc1.c1cnc(N2COc3ccncc3C2)nc1.c1cncc(N2COc3cccnc3C2)c1.c1cncc(N2COc3ccncc3C2)c1. The highest BCUT2D eigenvalue weighted by molar-refractivity contribution is 5.52. The van der Waals surface area contributed by atoms with Gasteiger partial charge in [0.2, 0.25) is 11.9 Å². The van der Waals surface area contributed by atoms with Gasteiger partial charge in [-0.3, -0.25) is 44.9 Å². The Hall–Kier alpha value is -14.7. The molecule has 28 heteroatoms. The zero-order valence-corrected chi connectivity index (χ0v) is 60.9.